The SMILES string of the molecule is Oc1cncc2cnc(Cl)nc12. The molecular formula is C7H4ClN3O. The minimum absolute atomic E-state index is 0.0109. The van der Waals surface area contributed by atoms with Crippen molar-refractivity contribution in [1.82, 2.24) is 15.0 Å². The zero-order chi connectivity index (χ0) is 8.55. The van der Waals surface area contributed by atoms with Crippen LogP contribution in [0, 0.1) is 0 Å². The molecule has 2 heterocycles. The maximum Gasteiger partial charge on any atom is 0.223 e. The van der Waals surface area contributed by atoms with Gasteiger partial charge < -0.3 is 5.11 Å². The van der Waals surface area contributed by atoms with E-state index in [1.54, 1.807) is 6.20 Å². The van der Waals surface area contributed by atoms with Crippen LogP contribution < -0.4 is 0 Å². The van der Waals surface area contributed by atoms with E-state index in [2.05, 4.69) is 15.0 Å². The van der Waals surface area contributed by atoms with E-state index >= 15 is 0 Å². The van der Waals surface area contributed by atoms with E-state index in [1.165, 1.54) is 12.4 Å². The van der Waals surface area contributed by atoms with E-state index in [-0.39, 0.29) is 11.0 Å². The highest BCUT2D eigenvalue weighted by atomic mass is 35.5. The fourth-order valence-electron chi connectivity index (χ4n) is 0.919. The normalized spacial score (nSPS) is 10.4. The van der Waals surface area contributed by atoms with Crippen LogP contribution in [0.15, 0.2) is 18.6 Å². The predicted octanol–water partition coefficient (Wildman–Crippen LogP) is 1.38. The molecule has 0 aromatic carbocycles. The molecule has 0 atom stereocenters. The number of hydrogen-bond donors (Lipinski definition) is 1. The Labute approximate surface area is 72.9 Å². The number of halogens is 1. The van der Waals surface area contributed by atoms with E-state index in [9.17, 15) is 5.11 Å². The van der Waals surface area contributed by atoms with Crippen molar-refractivity contribution < 1.29 is 5.11 Å². The minimum atomic E-state index is 0.0109. The van der Waals surface area contributed by atoms with Gasteiger partial charge in [-0.2, -0.15) is 0 Å². The van der Waals surface area contributed by atoms with Gasteiger partial charge in [-0.05, 0) is 11.6 Å². The first-order valence-electron chi connectivity index (χ1n) is 3.22. The molecule has 0 bridgehead atoms. The maximum absolute atomic E-state index is 9.28. The second-order valence-electron chi connectivity index (χ2n) is 2.24. The monoisotopic (exact) mass is 181 g/mol. The van der Waals surface area contributed by atoms with Crippen LogP contribution in [0.2, 0.25) is 5.28 Å². The molecule has 0 aliphatic carbocycles. The van der Waals surface area contributed by atoms with Crippen molar-refractivity contribution in [2.75, 3.05) is 0 Å². The summed E-state index contributed by atoms with van der Waals surface area (Å²) in [5.41, 5.74) is 0.421. The lowest BCUT2D eigenvalue weighted by molar-refractivity contribution is 0.478. The number of pyridine rings is 1. The van der Waals surface area contributed by atoms with Crippen LogP contribution in [0.5, 0.6) is 5.75 Å². The number of aromatic nitrogens is 3. The van der Waals surface area contributed by atoms with Crippen molar-refractivity contribution >= 4 is 22.5 Å². The van der Waals surface area contributed by atoms with Gasteiger partial charge in [0, 0.05) is 17.8 Å². The molecule has 0 amide bonds. The van der Waals surface area contributed by atoms with E-state index in [4.69, 9.17) is 11.6 Å². The van der Waals surface area contributed by atoms with Crippen LogP contribution in [-0.2, 0) is 0 Å². The molecule has 0 fully saturated rings. The van der Waals surface area contributed by atoms with Gasteiger partial charge in [0.25, 0.3) is 0 Å². The Morgan fingerprint density at radius 1 is 1.25 bits per heavy atom. The minimum Gasteiger partial charge on any atom is -0.504 e. The molecule has 0 saturated carbocycles. The Balaban J connectivity index is 2.88. The average molecular weight is 182 g/mol. The summed E-state index contributed by atoms with van der Waals surface area (Å²) in [6.07, 6.45) is 4.38. The van der Waals surface area contributed by atoms with Gasteiger partial charge in [0.1, 0.15) is 5.52 Å². The average Bonchev–Trinajstić information content (AvgIpc) is 2.07. The van der Waals surface area contributed by atoms with E-state index in [1.807, 2.05) is 0 Å². The zero-order valence-electron chi connectivity index (χ0n) is 5.90. The molecule has 12 heavy (non-hydrogen) atoms. The van der Waals surface area contributed by atoms with Gasteiger partial charge in [-0.25, -0.2) is 9.97 Å². The van der Waals surface area contributed by atoms with Crippen molar-refractivity contribution in [2.45, 2.75) is 0 Å². The van der Waals surface area contributed by atoms with E-state index in [0.29, 0.717) is 10.9 Å². The maximum atomic E-state index is 9.28. The summed E-state index contributed by atoms with van der Waals surface area (Å²) < 4.78 is 0. The van der Waals surface area contributed by atoms with Crippen molar-refractivity contribution in [3.63, 3.8) is 0 Å². The molecular weight excluding hydrogens is 178 g/mol. The Morgan fingerprint density at radius 2 is 2.08 bits per heavy atom. The first-order valence-corrected chi connectivity index (χ1v) is 3.60. The summed E-state index contributed by atoms with van der Waals surface area (Å²) in [5, 5.41) is 10.1. The van der Waals surface area contributed by atoms with Crippen LogP contribution in [0.3, 0.4) is 0 Å². The Bertz CT molecular complexity index is 432. The highest BCUT2D eigenvalue weighted by Gasteiger charge is 2.01. The van der Waals surface area contributed by atoms with Crippen LogP contribution in [0.4, 0.5) is 0 Å². The molecule has 0 unspecified atom stereocenters. The zero-order valence-corrected chi connectivity index (χ0v) is 6.65. The molecule has 2 rings (SSSR count). The van der Waals surface area contributed by atoms with Crippen LogP contribution in [-0.4, -0.2) is 20.1 Å². The molecule has 0 radical (unpaired) electrons. The smallest absolute Gasteiger partial charge is 0.223 e. The molecule has 0 aliphatic rings. The first-order chi connectivity index (χ1) is 5.77. The Morgan fingerprint density at radius 3 is 2.92 bits per heavy atom. The summed E-state index contributed by atoms with van der Waals surface area (Å²) in [7, 11) is 0. The molecule has 2 aromatic heterocycles. The molecule has 0 aliphatic heterocycles. The van der Waals surface area contributed by atoms with E-state index < -0.39 is 0 Å². The summed E-state index contributed by atoms with van der Waals surface area (Å²) >= 11 is 5.54. The standard InChI is InChI=1S/C7H4ClN3O/c8-7-10-2-4-1-9-3-5(12)6(4)11-7/h1-3,12H. The third-order valence-electron chi connectivity index (χ3n) is 1.44. The second kappa shape index (κ2) is 2.57. The summed E-state index contributed by atoms with van der Waals surface area (Å²) in [5.74, 6) is 0.0109. The molecule has 1 N–H and O–H groups in total. The summed E-state index contributed by atoms with van der Waals surface area (Å²) in [4.78, 5) is 11.4. The molecule has 0 saturated heterocycles. The highest BCUT2D eigenvalue weighted by molar-refractivity contribution is 6.28. The van der Waals surface area contributed by atoms with Gasteiger partial charge in [-0.1, -0.05) is 0 Å². The Kier molecular flexibility index (Phi) is 1.55. The lowest BCUT2D eigenvalue weighted by atomic mass is 10.3. The van der Waals surface area contributed by atoms with Gasteiger partial charge >= 0.3 is 0 Å². The number of nitrogens with zero attached hydrogens (tertiary/aromatic N) is 3. The number of fused-ring (bicyclic) bond motifs is 1. The molecule has 60 valence electrons. The van der Waals surface area contributed by atoms with Crippen molar-refractivity contribution in [1.29, 1.82) is 0 Å². The Hall–Kier alpha value is -1.42. The van der Waals surface area contributed by atoms with Crippen LogP contribution >= 0.6 is 11.6 Å². The van der Waals surface area contributed by atoms with Crippen LogP contribution in [0.1, 0.15) is 0 Å². The van der Waals surface area contributed by atoms with Crippen molar-refractivity contribution in [2.24, 2.45) is 0 Å². The van der Waals surface area contributed by atoms with Gasteiger partial charge in [0.2, 0.25) is 5.28 Å². The van der Waals surface area contributed by atoms with E-state index in [0.717, 1.165) is 0 Å². The van der Waals surface area contributed by atoms with Gasteiger partial charge in [-0.15, -0.1) is 0 Å². The van der Waals surface area contributed by atoms with Crippen LogP contribution in [0.25, 0.3) is 10.9 Å². The second-order valence-corrected chi connectivity index (χ2v) is 2.57. The largest absolute Gasteiger partial charge is 0.504 e. The summed E-state index contributed by atoms with van der Waals surface area (Å²) in [6, 6.07) is 0. The van der Waals surface area contributed by atoms with Gasteiger partial charge in [-0.3, -0.25) is 4.98 Å². The first kappa shape index (κ1) is 7.24. The molecule has 2 aromatic rings. The van der Waals surface area contributed by atoms with Gasteiger partial charge in [0.15, 0.2) is 5.75 Å². The third kappa shape index (κ3) is 1.06. The van der Waals surface area contributed by atoms with Crippen molar-refractivity contribution in [3.05, 3.63) is 23.9 Å². The fraction of sp³-hybridized carbons (Fsp3) is 0. The molecule has 4 nitrogen and oxygen atoms in total. The lowest BCUT2D eigenvalue weighted by Crippen LogP contribution is -1.85. The topological polar surface area (TPSA) is 58.9 Å². The number of rotatable bonds is 0. The number of aromatic hydroxyl groups is 1. The fourth-order valence-corrected chi connectivity index (χ4v) is 1.05. The quantitative estimate of drug-likeness (QED) is 0.624. The van der Waals surface area contributed by atoms with Crippen molar-refractivity contribution in [3.8, 4) is 5.75 Å². The molecule has 5 heteroatoms. The molecule has 0 spiro atoms. The third-order valence-corrected chi connectivity index (χ3v) is 1.62. The lowest BCUT2D eigenvalue weighted by Gasteiger charge is -1.97. The van der Waals surface area contributed by atoms with Gasteiger partial charge in [0.05, 0.1) is 6.20 Å². The summed E-state index contributed by atoms with van der Waals surface area (Å²) in [6.45, 7) is 0. The number of hydrogen-bond acceptors (Lipinski definition) is 4. The highest BCUT2D eigenvalue weighted by Crippen LogP contribution is 2.20. The predicted molar refractivity (Wildman–Crippen MR) is 44.0 cm³/mol.